The van der Waals surface area contributed by atoms with E-state index in [0.29, 0.717) is 0 Å². The molecule has 1 aliphatic rings. The van der Waals surface area contributed by atoms with Crippen LogP contribution in [-0.4, -0.2) is 43.3 Å². The van der Waals surface area contributed by atoms with Gasteiger partial charge in [-0.1, -0.05) is 71.6 Å². The highest BCUT2D eigenvalue weighted by atomic mass is 16.5. The fourth-order valence-corrected chi connectivity index (χ4v) is 3.84. The van der Waals surface area contributed by atoms with Crippen LogP contribution < -0.4 is 5.73 Å². The van der Waals surface area contributed by atoms with Crippen LogP contribution in [0.2, 0.25) is 0 Å². The SMILES string of the molecule is CCCCCCCC(CCCCCC)N1CC[C@@H](N)[C@H](OC)C1. The first-order chi connectivity index (χ1) is 11.2. The lowest BCUT2D eigenvalue weighted by molar-refractivity contribution is -0.00241. The Morgan fingerprint density at radius 2 is 1.52 bits per heavy atom. The standard InChI is InChI=1S/C20H42N2O/c1-4-6-8-10-12-14-18(13-11-9-7-5-2)22-16-15-19(21)20(17-22)23-3/h18-20H,4-17,21H2,1-3H3/t18?,19-,20-/m1/s1. The monoisotopic (exact) mass is 326 g/mol. The molecule has 2 N–H and O–H groups in total. The van der Waals surface area contributed by atoms with Crippen molar-refractivity contribution in [2.75, 3.05) is 20.2 Å². The Bertz CT molecular complexity index is 272. The van der Waals surface area contributed by atoms with Gasteiger partial charge in [0.05, 0.1) is 6.10 Å². The molecule has 1 saturated heterocycles. The topological polar surface area (TPSA) is 38.5 Å². The summed E-state index contributed by atoms with van der Waals surface area (Å²) in [7, 11) is 1.81. The third-order valence-corrected chi connectivity index (χ3v) is 5.49. The number of unbranched alkanes of at least 4 members (excludes halogenated alkanes) is 7. The molecule has 0 aromatic heterocycles. The van der Waals surface area contributed by atoms with E-state index >= 15 is 0 Å². The van der Waals surface area contributed by atoms with Gasteiger partial charge in [0.15, 0.2) is 0 Å². The molecule has 0 saturated carbocycles. The van der Waals surface area contributed by atoms with Crippen LogP contribution in [0.3, 0.4) is 0 Å². The first-order valence-corrected chi connectivity index (χ1v) is 10.2. The molecule has 0 aromatic rings. The molecule has 1 fully saturated rings. The van der Waals surface area contributed by atoms with E-state index in [4.69, 9.17) is 10.5 Å². The maximum Gasteiger partial charge on any atom is 0.0849 e. The van der Waals surface area contributed by atoms with E-state index in [1.54, 1.807) is 0 Å². The Morgan fingerprint density at radius 1 is 0.957 bits per heavy atom. The van der Waals surface area contributed by atoms with E-state index in [1.807, 2.05) is 7.11 Å². The predicted molar refractivity (Wildman–Crippen MR) is 101 cm³/mol. The first-order valence-electron chi connectivity index (χ1n) is 10.2. The van der Waals surface area contributed by atoms with Gasteiger partial charge in [0.25, 0.3) is 0 Å². The highest BCUT2D eigenvalue weighted by Crippen LogP contribution is 2.22. The number of hydrogen-bond donors (Lipinski definition) is 1. The summed E-state index contributed by atoms with van der Waals surface area (Å²) in [6.45, 7) is 6.78. The minimum atomic E-state index is 0.224. The van der Waals surface area contributed by atoms with Crippen LogP contribution in [0.25, 0.3) is 0 Å². The van der Waals surface area contributed by atoms with Crippen LogP contribution in [-0.2, 0) is 4.74 Å². The molecule has 0 aromatic carbocycles. The van der Waals surface area contributed by atoms with E-state index in [-0.39, 0.29) is 12.1 Å². The second-order valence-electron chi connectivity index (χ2n) is 7.43. The first kappa shape index (κ1) is 20.9. The van der Waals surface area contributed by atoms with Crippen molar-refractivity contribution in [3.05, 3.63) is 0 Å². The zero-order valence-electron chi connectivity index (χ0n) is 16.1. The third kappa shape index (κ3) is 8.51. The normalized spacial score (nSPS) is 24.0. The predicted octanol–water partition coefficient (Wildman–Crippen LogP) is 4.73. The molecule has 3 heteroatoms. The Kier molecular flexibility index (Phi) is 12.0. The molecule has 0 spiro atoms. The van der Waals surface area contributed by atoms with E-state index in [1.165, 1.54) is 70.6 Å². The van der Waals surface area contributed by atoms with Crippen molar-refractivity contribution in [2.45, 2.75) is 109 Å². The molecular weight excluding hydrogens is 284 g/mol. The Balaban J connectivity index is 2.41. The summed E-state index contributed by atoms with van der Waals surface area (Å²) in [5.41, 5.74) is 6.19. The summed E-state index contributed by atoms with van der Waals surface area (Å²) in [6.07, 6.45) is 16.4. The van der Waals surface area contributed by atoms with Gasteiger partial charge in [-0.3, -0.25) is 4.90 Å². The number of likely N-dealkylation sites (tertiary alicyclic amines) is 1. The largest absolute Gasteiger partial charge is 0.379 e. The minimum Gasteiger partial charge on any atom is -0.379 e. The van der Waals surface area contributed by atoms with E-state index < -0.39 is 0 Å². The second-order valence-corrected chi connectivity index (χ2v) is 7.43. The average Bonchev–Trinajstić information content (AvgIpc) is 2.57. The number of rotatable bonds is 13. The quantitative estimate of drug-likeness (QED) is 0.497. The van der Waals surface area contributed by atoms with Gasteiger partial charge in [-0.25, -0.2) is 0 Å². The van der Waals surface area contributed by atoms with E-state index in [9.17, 15) is 0 Å². The summed E-state index contributed by atoms with van der Waals surface area (Å²) in [6, 6.07) is 0.972. The molecule has 138 valence electrons. The summed E-state index contributed by atoms with van der Waals surface area (Å²) < 4.78 is 5.62. The molecule has 23 heavy (non-hydrogen) atoms. The summed E-state index contributed by atoms with van der Waals surface area (Å²) >= 11 is 0. The summed E-state index contributed by atoms with van der Waals surface area (Å²) in [5, 5.41) is 0. The average molecular weight is 327 g/mol. The smallest absolute Gasteiger partial charge is 0.0849 e. The van der Waals surface area contributed by atoms with E-state index in [2.05, 4.69) is 18.7 Å². The van der Waals surface area contributed by atoms with E-state index in [0.717, 1.165) is 25.6 Å². The van der Waals surface area contributed by atoms with Crippen molar-refractivity contribution in [3.63, 3.8) is 0 Å². The molecule has 3 nitrogen and oxygen atoms in total. The van der Waals surface area contributed by atoms with Gasteiger partial charge in [-0.05, 0) is 19.3 Å². The van der Waals surface area contributed by atoms with Crippen LogP contribution in [0.5, 0.6) is 0 Å². The fraction of sp³-hybridized carbons (Fsp3) is 1.00. The zero-order chi connectivity index (χ0) is 16.9. The number of hydrogen-bond acceptors (Lipinski definition) is 3. The molecule has 3 atom stereocenters. The second kappa shape index (κ2) is 13.2. The molecule has 0 radical (unpaired) electrons. The van der Waals surface area contributed by atoms with Gasteiger partial charge in [-0.15, -0.1) is 0 Å². The molecule has 1 unspecified atom stereocenters. The molecule has 0 bridgehead atoms. The van der Waals surface area contributed by atoms with Gasteiger partial charge >= 0.3 is 0 Å². The zero-order valence-corrected chi connectivity index (χ0v) is 16.1. The molecule has 1 rings (SSSR count). The third-order valence-electron chi connectivity index (χ3n) is 5.49. The summed E-state index contributed by atoms with van der Waals surface area (Å²) in [4.78, 5) is 2.68. The Labute approximate surface area is 145 Å². The number of nitrogens with zero attached hydrogens (tertiary/aromatic N) is 1. The molecule has 1 heterocycles. The van der Waals surface area contributed by atoms with Gasteiger partial charge in [0, 0.05) is 32.3 Å². The lowest BCUT2D eigenvalue weighted by Crippen LogP contribution is -2.54. The molecule has 0 amide bonds. The van der Waals surface area contributed by atoms with Crippen LogP contribution in [0.4, 0.5) is 0 Å². The number of ether oxygens (including phenoxy) is 1. The van der Waals surface area contributed by atoms with Crippen LogP contribution in [0.1, 0.15) is 90.9 Å². The van der Waals surface area contributed by atoms with Crippen LogP contribution >= 0.6 is 0 Å². The van der Waals surface area contributed by atoms with Gasteiger partial charge < -0.3 is 10.5 Å². The molecule has 0 aliphatic carbocycles. The van der Waals surface area contributed by atoms with Gasteiger partial charge in [-0.2, -0.15) is 0 Å². The molecule has 1 aliphatic heterocycles. The van der Waals surface area contributed by atoms with Crippen LogP contribution in [0.15, 0.2) is 0 Å². The maximum atomic E-state index is 6.19. The number of piperidine rings is 1. The van der Waals surface area contributed by atoms with Crippen molar-refractivity contribution >= 4 is 0 Å². The highest BCUT2D eigenvalue weighted by molar-refractivity contribution is 4.87. The lowest BCUT2D eigenvalue weighted by Gasteiger charge is -2.40. The minimum absolute atomic E-state index is 0.224. The van der Waals surface area contributed by atoms with Gasteiger partial charge in [0.1, 0.15) is 0 Å². The van der Waals surface area contributed by atoms with Crippen molar-refractivity contribution in [3.8, 4) is 0 Å². The number of methoxy groups -OCH3 is 1. The maximum absolute atomic E-state index is 6.19. The van der Waals surface area contributed by atoms with Gasteiger partial charge in [0.2, 0.25) is 0 Å². The van der Waals surface area contributed by atoms with Crippen molar-refractivity contribution in [1.29, 1.82) is 0 Å². The molecular formula is C20H42N2O. The van der Waals surface area contributed by atoms with Crippen molar-refractivity contribution in [1.82, 2.24) is 4.90 Å². The lowest BCUT2D eigenvalue weighted by atomic mass is 9.95. The summed E-state index contributed by atoms with van der Waals surface area (Å²) in [5.74, 6) is 0. The van der Waals surface area contributed by atoms with Crippen molar-refractivity contribution < 1.29 is 4.74 Å². The fourth-order valence-electron chi connectivity index (χ4n) is 3.84. The van der Waals surface area contributed by atoms with Crippen molar-refractivity contribution in [2.24, 2.45) is 5.73 Å². The Hall–Kier alpha value is -0.120. The Morgan fingerprint density at radius 3 is 2.09 bits per heavy atom. The number of nitrogens with two attached hydrogens (primary N) is 1. The van der Waals surface area contributed by atoms with Crippen LogP contribution in [0, 0.1) is 0 Å². The highest BCUT2D eigenvalue weighted by Gasteiger charge is 2.30.